The van der Waals surface area contributed by atoms with Crippen molar-refractivity contribution >= 4 is 0 Å². The molecule has 0 saturated heterocycles. The Morgan fingerprint density at radius 1 is 0.933 bits per heavy atom. The van der Waals surface area contributed by atoms with E-state index in [1.165, 1.54) is 18.2 Å². The van der Waals surface area contributed by atoms with Crippen LogP contribution in [-0.2, 0) is 6.18 Å². The third kappa shape index (κ3) is 1.61. The number of halogens is 3. The molecule has 4 nitrogen and oxygen atoms in total. The minimum Gasteiger partial charge on any atom is -0.438 e. The fraction of sp³-hybridized carbons (Fsp3) is 0.125. The Morgan fingerprint density at radius 2 is 1.47 bits per heavy atom. The van der Waals surface area contributed by atoms with Crippen LogP contribution in [0.25, 0.3) is 0 Å². The van der Waals surface area contributed by atoms with Crippen molar-refractivity contribution < 1.29 is 17.6 Å². The number of nitriles is 3. The van der Waals surface area contributed by atoms with E-state index in [-0.39, 0.29) is 0 Å². The van der Waals surface area contributed by atoms with Gasteiger partial charge in [-0.3, -0.25) is 0 Å². The quantitative estimate of drug-likeness (QED) is 0.655. The van der Waals surface area contributed by atoms with Gasteiger partial charge in [0.05, 0.1) is 0 Å². The van der Waals surface area contributed by atoms with Gasteiger partial charge in [-0.25, -0.2) is 0 Å². The van der Waals surface area contributed by atoms with Crippen LogP contribution in [0, 0.1) is 34.0 Å². The minimum absolute atomic E-state index is 0.688. The first-order valence-electron chi connectivity index (χ1n) is 3.40. The molecule has 15 heavy (non-hydrogen) atoms. The maximum absolute atomic E-state index is 12.2. The summed E-state index contributed by atoms with van der Waals surface area (Å²) in [5.74, 6) is -2.42. The standard InChI is InChI=1S/C8F3N3O/c9-8(10,11)7-5(2-13)4(1-12)6(3-14)15-7. The Hall–Kier alpha value is -2.46. The van der Waals surface area contributed by atoms with Crippen molar-refractivity contribution in [2.75, 3.05) is 0 Å². The molecule has 0 radical (unpaired) electrons. The number of hydrogen-bond acceptors (Lipinski definition) is 4. The van der Waals surface area contributed by atoms with Gasteiger partial charge in [0.1, 0.15) is 29.3 Å². The van der Waals surface area contributed by atoms with E-state index in [2.05, 4.69) is 4.42 Å². The smallest absolute Gasteiger partial charge is 0.438 e. The van der Waals surface area contributed by atoms with Gasteiger partial charge in [-0.05, 0) is 0 Å². The number of hydrogen-bond donors (Lipinski definition) is 0. The minimum atomic E-state index is -4.90. The molecule has 0 saturated carbocycles. The Morgan fingerprint density at radius 3 is 1.80 bits per heavy atom. The summed E-state index contributed by atoms with van der Waals surface area (Å²) in [5, 5.41) is 25.3. The van der Waals surface area contributed by atoms with E-state index in [1.807, 2.05) is 0 Å². The molecule has 74 valence electrons. The van der Waals surface area contributed by atoms with Crippen LogP contribution < -0.4 is 0 Å². The van der Waals surface area contributed by atoms with Crippen molar-refractivity contribution in [3.05, 3.63) is 22.6 Å². The van der Waals surface area contributed by atoms with E-state index >= 15 is 0 Å². The van der Waals surface area contributed by atoms with E-state index in [0.29, 0.717) is 0 Å². The topological polar surface area (TPSA) is 84.5 Å². The monoisotopic (exact) mass is 211 g/mol. The third-order valence-electron chi connectivity index (χ3n) is 1.49. The highest BCUT2D eigenvalue weighted by atomic mass is 19.4. The lowest BCUT2D eigenvalue weighted by atomic mass is 10.1. The molecular formula is C8F3N3O. The van der Waals surface area contributed by atoms with Crippen LogP contribution in [0.5, 0.6) is 0 Å². The number of furan rings is 1. The van der Waals surface area contributed by atoms with Gasteiger partial charge in [0.2, 0.25) is 11.5 Å². The zero-order valence-electron chi connectivity index (χ0n) is 6.88. The normalized spacial score (nSPS) is 10.1. The zero-order chi connectivity index (χ0) is 11.6. The summed E-state index contributed by atoms with van der Waals surface area (Å²) >= 11 is 0. The first-order chi connectivity index (χ1) is 6.95. The summed E-state index contributed by atoms with van der Waals surface area (Å²) in [5.41, 5.74) is -1.64. The predicted molar refractivity (Wildman–Crippen MR) is 37.9 cm³/mol. The van der Waals surface area contributed by atoms with Crippen LogP contribution in [0.4, 0.5) is 13.2 Å². The molecule has 0 aliphatic heterocycles. The molecule has 0 atom stereocenters. The maximum atomic E-state index is 12.2. The molecule has 0 aromatic carbocycles. The molecule has 1 aromatic heterocycles. The molecule has 0 aliphatic carbocycles. The fourth-order valence-corrected chi connectivity index (χ4v) is 0.923. The summed E-state index contributed by atoms with van der Waals surface area (Å²) in [7, 11) is 0. The SMILES string of the molecule is N#Cc1oc(C(F)(F)F)c(C#N)c1C#N. The van der Waals surface area contributed by atoms with Gasteiger partial charge in [0.25, 0.3) is 0 Å². The second-order valence-electron chi connectivity index (χ2n) is 2.34. The summed E-state index contributed by atoms with van der Waals surface area (Å²) < 4.78 is 40.8. The molecule has 0 amide bonds. The van der Waals surface area contributed by atoms with Crippen LogP contribution in [0.1, 0.15) is 22.6 Å². The molecular weight excluding hydrogens is 211 g/mol. The van der Waals surface area contributed by atoms with E-state index in [9.17, 15) is 13.2 Å². The fourth-order valence-electron chi connectivity index (χ4n) is 0.923. The van der Waals surface area contributed by atoms with Crippen LogP contribution >= 0.6 is 0 Å². The highest BCUT2D eigenvalue weighted by molar-refractivity contribution is 5.54. The van der Waals surface area contributed by atoms with Crippen LogP contribution in [0.15, 0.2) is 4.42 Å². The lowest BCUT2D eigenvalue weighted by Gasteiger charge is -2.00. The van der Waals surface area contributed by atoms with Gasteiger partial charge >= 0.3 is 6.18 Å². The van der Waals surface area contributed by atoms with Gasteiger partial charge in [0, 0.05) is 0 Å². The molecule has 0 unspecified atom stereocenters. The Balaban J connectivity index is 3.61. The average molecular weight is 211 g/mol. The van der Waals surface area contributed by atoms with Gasteiger partial charge in [-0.15, -0.1) is 0 Å². The largest absolute Gasteiger partial charge is 0.451 e. The second kappa shape index (κ2) is 3.36. The van der Waals surface area contributed by atoms with E-state index in [0.717, 1.165) is 0 Å². The Kier molecular flexibility index (Phi) is 2.38. The average Bonchev–Trinajstić information content (AvgIpc) is 2.54. The van der Waals surface area contributed by atoms with Crippen LogP contribution in [0.2, 0.25) is 0 Å². The van der Waals surface area contributed by atoms with Crippen molar-refractivity contribution in [1.29, 1.82) is 15.8 Å². The summed E-state index contributed by atoms with van der Waals surface area (Å²) in [6.07, 6.45) is -4.90. The molecule has 0 bridgehead atoms. The van der Waals surface area contributed by atoms with Gasteiger partial charge in [0.15, 0.2) is 0 Å². The van der Waals surface area contributed by atoms with Crippen LogP contribution in [-0.4, -0.2) is 0 Å². The molecule has 0 fully saturated rings. The summed E-state index contributed by atoms with van der Waals surface area (Å²) in [4.78, 5) is 0. The molecule has 7 heteroatoms. The van der Waals surface area contributed by atoms with Gasteiger partial charge in [-0.1, -0.05) is 0 Å². The molecule has 1 rings (SSSR count). The van der Waals surface area contributed by atoms with E-state index < -0.39 is 28.8 Å². The second-order valence-corrected chi connectivity index (χ2v) is 2.34. The highest BCUT2D eigenvalue weighted by Crippen LogP contribution is 2.35. The predicted octanol–water partition coefficient (Wildman–Crippen LogP) is 1.91. The van der Waals surface area contributed by atoms with Crippen molar-refractivity contribution in [2.24, 2.45) is 0 Å². The number of alkyl halides is 3. The number of nitrogens with zero attached hydrogens (tertiary/aromatic N) is 3. The van der Waals surface area contributed by atoms with Crippen molar-refractivity contribution in [2.45, 2.75) is 6.18 Å². The molecule has 1 heterocycles. The first-order valence-corrected chi connectivity index (χ1v) is 3.40. The molecule has 0 N–H and O–H groups in total. The molecule has 1 aromatic rings. The van der Waals surface area contributed by atoms with Crippen molar-refractivity contribution in [1.82, 2.24) is 0 Å². The lowest BCUT2D eigenvalue weighted by Crippen LogP contribution is -2.05. The van der Waals surface area contributed by atoms with E-state index in [4.69, 9.17) is 15.8 Å². The first kappa shape index (κ1) is 10.6. The Labute approximate surface area is 81.4 Å². The summed E-state index contributed by atoms with van der Waals surface area (Å²) in [6, 6.07) is 3.78. The lowest BCUT2D eigenvalue weighted by molar-refractivity contribution is -0.153. The van der Waals surface area contributed by atoms with Crippen molar-refractivity contribution in [3.8, 4) is 18.2 Å². The Bertz CT molecular complexity index is 522. The zero-order valence-corrected chi connectivity index (χ0v) is 6.88. The third-order valence-corrected chi connectivity index (χ3v) is 1.49. The summed E-state index contributed by atoms with van der Waals surface area (Å²) in [6.45, 7) is 0. The highest BCUT2D eigenvalue weighted by Gasteiger charge is 2.41. The van der Waals surface area contributed by atoms with Crippen LogP contribution in [0.3, 0.4) is 0 Å². The van der Waals surface area contributed by atoms with Gasteiger partial charge < -0.3 is 4.42 Å². The molecule has 0 aliphatic rings. The maximum Gasteiger partial charge on any atom is 0.451 e. The molecule has 0 spiro atoms. The van der Waals surface area contributed by atoms with Crippen molar-refractivity contribution in [3.63, 3.8) is 0 Å². The van der Waals surface area contributed by atoms with E-state index in [1.54, 1.807) is 0 Å². The van der Waals surface area contributed by atoms with Gasteiger partial charge in [-0.2, -0.15) is 29.0 Å². The number of rotatable bonds is 0.